The Morgan fingerprint density at radius 3 is 2.52 bits per heavy atom. The zero-order chi connectivity index (χ0) is 20.6. The van der Waals surface area contributed by atoms with Crippen molar-refractivity contribution in [1.29, 1.82) is 5.26 Å². The first-order valence-electron chi connectivity index (χ1n) is 7.88. The highest BCUT2D eigenvalue weighted by molar-refractivity contribution is 7.80. The molecule has 1 aromatic carbocycles. The summed E-state index contributed by atoms with van der Waals surface area (Å²) in [6, 6.07) is 4.37. The fraction of sp³-hybridized carbons (Fsp3) is 0.412. The first kappa shape index (κ1) is 20.6. The number of carbonyl (C=O) groups is 2. The first-order valence-corrected chi connectivity index (χ1v) is 8.29. The Kier molecular flexibility index (Phi) is 5.47. The minimum absolute atomic E-state index is 0.115. The summed E-state index contributed by atoms with van der Waals surface area (Å²) in [5.74, 6) is -1.20. The predicted molar refractivity (Wildman–Crippen MR) is 93.7 cm³/mol. The van der Waals surface area contributed by atoms with Gasteiger partial charge >= 0.3 is 12.1 Å². The number of nitriles is 1. The lowest BCUT2D eigenvalue weighted by atomic mass is 10.0. The van der Waals surface area contributed by atoms with E-state index in [4.69, 9.17) is 22.2 Å². The van der Waals surface area contributed by atoms with Gasteiger partial charge in [0.1, 0.15) is 12.1 Å². The number of esters is 1. The van der Waals surface area contributed by atoms with Crippen molar-refractivity contribution >= 4 is 34.9 Å². The van der Waals surface area contributed by atoms with Crippen LogP contribution in [0.4, 0.5) is 18.9 Å². The molecule has 0 bridgehead atoms. The summed E-state index contributed by atoms with van der Waals surface area (Å²) in [4.78, 5) is 26.8. The van der Waals surface area contributed by atoms with Gasteiger partial charge in [-0.1, -0.05) is 0 Å². The molecule has 10 heteroatoms. The van der Waals surface area contributed by atoms with E-state index >= 15 is 0 Å². The third-order valence-electron chi connectivity index (χ3n) is 4.10. The Balaban J connectivity index is 2.48. The molecule has 1 aliphatic heterocycles. The van der Waals surface area contributed by atoms with Crippen molar-refractivity contribution in [1.82, 2.24) is 4.90 Å². The number of thiocarbonyl (C=S) groups is 1. The molecule has 1 amide bonds. The third kappa shape index (κ3) is 3.73. The second-order valence-electron chi connectivity index (χ2n) is 6.21. The van der Waals surface area contributed by atoms with Crippen molar-refractivity contribution in [2.24, 2.45) is 0 Å². The van der Waals surface area contributed by atoms with E-state index in [1.54, 1.807) is 6.92 Å². The Labute approximate surface area is 159 Å². The van der Waals surface area contributed by atoms with Gasteiger partial charge < -0.3 is 9.64 Å². The summed E-state index contributed by atoms with van der Waals surface area (Å²) >= 11 is 5.25. The van der Waals surface area contributed by atoms with Crippen molar-refractivity contribution in [2.75, 3.05) is 18.1 Å². The summed E-state index contributed by atoms with van der Waals surface area (Å²) in [7, 11) is 0. The predicted octanol–water partition coefficient (Wildman–Crippen LogP) is 2.85. The van der Waals surface area contributed by atoms with Gasteiger partial charge in [0, 0.05) is 0 Å². The highest BCUT2D eigenvalue weighted by Crippen LogP contribution is 2.37. The minimum Gasteiger partial charge on any atom is -0.465 e. The average molecular weight is 399 g/mol. The van der Waals surface area contributed by atoms with Crippen LogP contribution in [0.1, 0.15) is 31.9 Å². The van der Waals surface area contributed by atoms with Crippen molar-refractivity contribution in [3.63, 3.8) is 0 Å². The van der Waals surface area contributed by atoms with Gasteiger partial charge in [-0.15, -0.1) is 0 Å². The van der Waals surface area contributed by atoms with Crippen molar-refractivity contribution in [3.05, 3.63) is 29.3 Å². The fourth-order valence-electron chi connectivity index (χ4n) is 2.67. The van der Waals surface area contributed by atoms with Crippen LogP contribution >= 0.6 is 12.2 Å². The molecule has 6 nitrogen and oxygen atoms in total. The Hall–Kier alpha value is -2.67. The quantitative estimate of drug-likeness (QED) is 0.573. The molecule has 0 unspecified atom stereocenters. The Morgan fingerprint density at radius 1 is 1.37 bits per heavy atom. The van der Waals surface area contributed by atoms with Crippen molar-refractivity contribution < 1.29 is 27.5 Å². The molecule has 1 saturated heterocycles. The lowest BCUT2D eigenvalue weighted by molar-refractivity contribution is -0.144. The molecule has 1 heterocycles. The van der Waals surface area contributed by atoms with Crippen LogP contribution in [0.25, 0.3) is 0 Å². The maximum atomic E-state index is 13.2. The van der Waals surface area contributed by atoms with Crippen LogP contribution in [0.5, 0.6) is 0 Å². The number of nitrogens with zero attached hydrogens (tertiary/aromatic N) is 3. The highest BCUT2D eigenvalue weighted by Gasteiger charge is 2.50. The summed E-state index contributed by atoms with van der Waals surface area (Å²) in [6.45, 7) is 4.47. The topological polar surface area (TPSA) is 73.6 Å². The van der Waals surface area contributed by atoms with E-state index < -0.39 is 34.7 Å². The molecule has 0 radical (unpaired) electrons. The van der Waals surface area contributed by atoms with Gasteiger partial charge in [-0.25, -0.2) is 0 Å². The average Bonchev–Trinajstić information content (AvgIpc) is 2.74. The highest BCUT2D eigenvalue weighted by atomic mass is 32.1. The fourth-order valence-corrected chi connectivity index (χ4v) is 3.15. The third-order valence-corrected chi connectivity index (χ3v) is 4.51. The number of anilines is 1. The number of hydrogen-bond donors (Lipinski definition) is 0. The molecule has 0 aliphatic carbocycles. The van der Waals surface area contributed by atoms with Gasteiger partial charge in [0.15, 0.2) is 5.11 Å². The molecule has 144 valence electrons. The van der Waals surface area contributed by atoms with Crippen LogP contribution in [0.2, 0.25) is 0 Å². The van der Waals surface area contributed by atoms with E-state index in [0.717, 1.165) is 11.0 Å². The maximum Gasteiger partial charge on any atom is 0.417 e. The number of rotatable bonds is 4. The summed E-state index contributed by atoms with van der Waals surface area (Å²) in [5.41, 5.74) is -3.11. The second-order valence-corrected chi connectivity index (χ2v) is 6.58. The first-order chi connectivity index (χ1) is 12.4. The van der Waals surface area contributed by atoms with E-state index in [0.29, 0.717) is 6.07 Å². The number of alkyl halides is 3. The molecule has 0 atom stereocenters. The van der Waals surface area contributed by atoms with E-state index in [1.165, 1.54) is 30.9 Å². The molecule has 1 aliphatic rings. The van der Waals surface area contributed by atoms with E-state index in [2.05, 4.69) is 0 Å². The van der Waals surface area contributed by atoms with Crippen LogP contribution in [0, 0.1) is 11.3 Å². The van der Waals surface area contributed by atoms with Crippen LogP contribution in [0.3, 0.4) is 0 Å². The molecule has 0 saturated carbocycles. The van der Waals surface area contributed by atoms with Gasteiger partial charge in [-0.2, -0.15) is 18.4 Å². The van der Waals surface area contributed by atoms with Gasteiger partial charge in [0.2, 0.25) is 0 Å². The molecular formula is C17H16F3N3O3S. The SMILES string of the molecule is CCOC(=O)CN1C(=S)N(c2ccc(C#N)c(C(F)(F)F)c2)C(=O)C1(C)C. The normalized spacial score (nSPS) is 16.5. The second kappa shape index (κ2) is 7.15. The number of ether oxygens (including phenoxy) is 1. The van der Waals surface area contributed by atoms with Crippen LogP contribution < -0.4 is 4.90 Å². The molecule has 2 rings (SSSR count). The monoisotopic (exact) mass is 399 g/mol. The molecule has 0 spiro atoms. The summed E-state index contributed by atoms with van der Waals surface area (Å²) in [6.07, 6.45) is -4.77. The number of halogens is 3. The largest absolute Gasteiger partial charge is 0.465 e. The molecule has 0 N–H and O–H groups in total. The molecule has 27 heavy (non-hydrogen) atoms. The van der Waals surface area contributed by atoms with E-state index in [1.807, 2.05) is 0 Å². The van der Waals surface area contributed by atoms with E-state index in [9.17, 15) is 22.8 Å². The van der Waals surface area contributed by atoms with Crippen LogP contribution in [-0.2, 0) is 20.5 Å². The smallest absolute Gasteiger partial charge is 0.417 e. The summed E-state index contributed by atoms with van der Waals surface area (Å²) in [5, 5.41) is 8.79. The lowest BCUT2D eigenvalue weighted by Gasteiger charge is -2.28. The minimum atomic E-state index is -4.77. The van der Waals surface area contributed by atoms with Crippen LogP contribution in [0.15, 0.2) is 18.2 Å². The maximum absolute atomic E-state index is 13.2. The zero-order valence-corrected chi connectivity index (χ0v) is 15.6. The molecule has 1 fully saturated rings. The number of amides is 1. The number of carbonyl (C=O) groups excluding carboxylic acids is 2. The van der Waals surface area contributed by atoms with Crippen molar-refractivity contribution in [3.8, 4) is 6.07 Å². The van der Waals surface area contributed by atoms with Gasteiger partial charge in [0.25, 0.3) is 5.91 Å². The zero-order valence-electron chi connectivity index (χ0n) is 14.8. The lowest BCUT2D eigenvalue weighted by Crippen LogP contribution is -2.46. The Bertz CT molecular complexity index is 846. The van der Waals surface area contributed by atoms with Crippen molar-refractivity contribution in [2.45, 2.75) is 32.5 Å². The number of hydrogen-bond acceptors (Lipinski definition) is 5. The molecular weight excluding hydrogens is 383 g/mol. The standard InChI is InChI=1S/C17H16F3N3O3S/c1-4-26-13(24)9-22-15(27)23(14(25)16(22,2)3)11-6-5-10(8-21)12(7-11)17(18,19)20/h5-7H,4,9H2,1-3H3. The molecule has 0 aromatic heterocycles. The van der Waals surface area contributed by atoms with Crippen LogP contribution in [-0.4, -0.2) is 40.6 Å². The van der Waals surface area contributed by atoms with E-state index in [-0.39, 0.29) is 24.0 Å². The Morgan fingerprint density at radius 2 is 2.00 bits per heavy atom. The number of benzene rings is 1. The van der Waals surface area contributed by atoms with Gasteiger partial charge in [0.05, 0.1) is 29.5 Å². The van der Waals surface area contributed by atoms with Gasteiger partial charge in [-0.3, -0.25) is 14.5 Å². The van der Waals surface area contributed by atoms with Gasteiger partial charge in [-0.05, 0) is 51.2 Å². The summed E-state index contributed by atoms with van der Waals surface area (Å²) < 4.78 is 44.5. The molecule has 1 aromatic rings.